The number of amides is 1. The lowest BCUT2D eigenvalue weighted by atomic mass is 9.79. The van der Waals surface area contributed by atoms with Crippen LogP contribution in [0.5, 0.6) is 0 Å². The number of rotatable bonds is 10. The third kappa shape index (κ3) is 6.24. The van der Waals surface area contributed by atoms with E-state index >= 15 is 0 Å². The molecule has 0 spiro atoms. The Morgan fingerprint density at radius 3 is 2.85 bits per heavy atom. The number of aryl methyl sites for hydroxylation is 2. The molecule has 1 aromatic heterocycles. The number of carbonyl (C=O) groups excluding carboxylic acids is 1. The number of hydrogen-bond donors (Lipinski definition) is 3. The standard InChI is InChI=1S/C25H30ClN3O4/c26-21-6-2-1-5-20(21)24(30)29-22(25(31)32)11-13-33-19-14-16(15-19)7-9-18-10-8-17-4-3-12-27-23(17)28-18/h1-2,5-6,8,10,16,19,22H,3-4,7,9,11-15H2,(H,27,28)(H,29,30)(H,31,32)/t16?,19?,22-/m0/s1. The molecule has 0 radical (unpaired) electrons. The lowest BCUT2D eigenvalue weighted by molar-refractivity contribution is -0.140. The Morgan fingerprint density at radius 2 is 2.06 bits per heavy atom. The van der Waals surface area contributed by atoms with Crippen molar-refractivity contribution in [2.75, 3.05) is 18.5 Å². The molecule has 0 saturated heterocycles. The van der Waals surface area contributed by atoms with E-state index in [1.165, 1.54) is 12.0 Å². The number of anilines is 1. The maximum atomic E-state index is 12.3. The Kier molecular flexibility index (Phi) is 7.83. The smallest absolute Gasteiger partial charge is 0.326 e. The number of nitrogens with zero attached hydrogens (tertiary/aromatic N) is 1. The van der Waals surface area contributed by atoms with Crippen molar-refractivity contribution in [3.63, 3.8) is 0 Å². The summed E-state index contributed by atoms with van der Waals surface area (Å²) in [6.45, 7) is 1.28. The van der Waals surface area contributed by atoms with Crippen LogP contribution in [0.2, 0.25) is 5.02 Å². The largest absolute Gasteiger partial charge is 0.480 e. The summed E-state index contributed by atoms with van der Waals surface area (Å²) in [5.41, 5.74) is 2.70. The van der Waals surface area contributed by atoms with Gasteiger partial charge in [0.2, 0.25) is 0 Å². The Hall–Kier alpha value is -2.64. The van der Waals surface area contributed by atoms with Gasteiger partial charge >= 0.3 is 5.97 Å². The number of carboxylic acids is 1. The van der Waals surface area contributed by atoms with Crippen LogP contribution in [0, 0.1) is 5.92 Å². The van der Waals surface area contributed by atoms with Crippen LogP contribution in [0.1, 0.15) is 53.7 Å². The zero-order chi connectivity index (χ0) is 23.2. The van der Waals surface area contributed by atoms with Gasteiger partial charge in [-0.3, -0.25) is 4.79 Å². The monoisotopic (exact) mass is 471 g/mol. The topological polar surface area (TPSA) is 101 Å². The molecule has 1 fully saturated rings. The van der Waals surface area contributed by atoms with Gasteiger partial charge in [0.1, 0.15) is 11.9 Å². The molecule has 7 nitrogen and oxygen atoms in total. The number of hydrogen-bond acceptors (Lipinski definition) is 5. The van der Waals surface area contributed by atoms with E-state index in [1.54, 1.807) is 24.3 Å². The number of ether oxygens (including phenoxy) is 1. The SMILES string of the molecule is O=C(N[C@@H](CCOC1CC(CCc2ccc3c(n2)NCCC3)C1)C(=O)O)c1ccccc1Cl. The molecule has 1 saturated carbocycles. The lowest BCUT2D eigenvalue weighted by Gasteiger charge is -2.35. The minimum absolute atomic E-state index is 0.155. The quantitative estimate of drug-likeness (QED) is 0.482. The van der Waals surface area contributed by atoms with E-state index in [4.69, 9.17) is 21.3 Å². The van der Waals surface area contributed by atoms with Crippen molar-refractivity contribution in [3.8, 4) is 0 Å². The minimum atomic E-state index is -1.09. The van der Waals surface area contributed by atoms with Crippen LogP contribution in [0.4, 0.5) is 5.82 Å². The third-order valence-electron chi connectivity index (χ3n) is 6.43. The van der Waals surface area contributed by atoms with Gasteiger partial charge < -0.3 is 20.5 Å². The van der Waals surface area contributed by atoms with E-state index in [0.29, 0.717) is 5.92 Å². The number of carboxylic acid groups (broad SMARTS) is 1. The molecule has 2 heterocycles. The van der Waals surface area contributed by atoms with Crippen LogP contribution < -0.4 is 10.6 Å². The fraction of sp³-hybridized carbons (Fsp3) is 0.480. The van der Waals surface area contributed by atoms with Crippen molar-refractivity contribution >= 4 is 29.3 Å². The highest BCUT2D eigenvalue weighted by Gasteiger charge is 2.30. The number of pyridine rings is 1. The molecule has 2 aliphatic rings. The zero-order valence-electron chi connectivity index (χ0n) is 18.6. The molecule has 0 bridgehead atoms. The third-order valence-corrected chi connectivity index (χ3v) is 6.76. The molecule has 1 aromatic carbocycles. The number of halogens is 1. The maximum absolute atomic E-state index is 12.3. The Balaban J connectivity index is 1.15. The van der Waals surface area contributed by atoms with E-state index in [-0.39, 0.29) is 29.7 Å². The summed E-state index contributed by atoms with van der Waals surface area (Å²) in [5, 5.41) is 15.7. The zero-order valence-corrected chi connectivity index (χ0v) is 19.3. The van der Waals surface area contributed by atoms with E-state index in [0.717, 1.165) is 50.2 Å². The van der Waals surface area contributed by atoms with E-state index < -0.39 is 17.9 Å². The van der Waals surface area contributed by atoms with Gasteiger partial charge in [-0.2, -0.15) is 0 Å². The number of benzene rings is 1. The Labute approximate surface area is 198 Å². The van der Waals surface area contributed by atoms with Crippen LogP contribution in [-0.2, 0) is 22.4 Å². The summed E-state index contributed by atoms with van der Waals surface area (Å²) in [6, 6.07) is 9.88. The maximum Gasteiger partial charge on any atom is 0.326 e. The second kappa shape index (κ2) is 11.0. The average Bonchev–Trinajstić information content (AvgIpc) is 2.79. The molecule has 8 heteroatoms. The van der Waals surface area contributed by atoms with Crippen molar-refractivity contribution in [2.24, 2.45) is 5.92 Å². The lowest BCUT2D eigenvalue weighted by Crippen LogP contribution is -2.42. The summed E-state index contributed by atoms with van der Waals surface area (Å²) >= 11 is 6.02. The first-order chi connectivity index (χ1) is 16.0. The first-order valence-corrected chi connectivity index (χ1v) is 12.0. The number of fused-ring (bicyclic) bond motifs is 1. The highest BCUT2D eigenvalue weighted by atomic mass is 35.5. The van der Waals surface area contributed by atoms with E-state index in [9.17, 15) is 14.7 Å². The average molecular weight is 472 g/mol. The van der Waals surface area contributed by atoms with Gasteiger partial charge in [0.15, 0.2) is 0 Å². The first-order valence-electron chi connectivity index (χ1n) is 11.6. The predicted octanol–water partition coefficient (Wildman–Crippen LogP) is 4.09. The summed E-state index contributed by atoms with van der Waals surface area (Å²) in [7, 11) is 0. The van der Waals surface area contributed by atoms with Gasteiger partial charge in [0.25, 0.3) is 5.91 Å². The molecular formula is C25H30ClN3O4. The van der Waals surface area contributed by atoms with Crippen molar-refractivity contribution in [1.82, 2.24) is 10.3 Å². The fourth-order valence-electron chi connectivity index (χ4n) is 4.40. The van der Waals surface area contributed by atoms with E-state index in [1.807, 2.05) is 0 Å². The van der Waals surface area contributed by atoms with Gasteiger partial charge in [-0.25, -0.2) is 9.78 Å². The van der Waals surface area contributed by atoms with Crippen molar-refractivity contribution < 1.29 is 19.4 Å². The Morgan fingerprint density at radius 1 is 1.24 bits per heavy atom. The predicted molar refractivity (Wildman–Crippen MR) is 127 cm³/mol. The number of carbonyl (C=O) groups is 2. The fourth-order valence-corrected chi connectivity index (χ4v) is 4.62. The molecule has 1 amide bonds. The Bertz CT molecular complexity index is 993. The molecule has 1 aliphatic heterocycles. The van der Waals surface area contributed by atoms with Crippen molar-refractivity contribution in [3.05, 3.63) is 58.2 Å². The molecule has 33 heavy (non-hydrogen) atoms. The van der Waals surface area contributed by atoms with Crippen LogP contribution in [0.15, 0.2) is 36.4 Å². The second-order valence-electron chi connectivity index (χ2n) is 8.84. The number of aromatic nitrogens is 1. The highest BCUT2D eigenvalue weighted by molar-refractivity contribution is 6.33. The van der Waals surface area contributed by atoms with Crippen molar-refractivity contribution in [1.29, 1.82) is 0 Å². The van der Waals surface area contributed by atoms with Crippen LogP contribution in [0.3, 0.4) is 0 Å². The number of nitrogens with one attached hydrogen (secondary N) is 2. The molecule has 1 atom stereocenters. The minimum Gasteiger partial charge on any atom is -0.480 e. The molecule has 2 aromatic rings. The van der Waals surface area contributed by atoms with Gasteiger partial charge in [-0.05, 0) is 68.2 Å². The normalized spacial score (nSPS) is 20.2. The van der Waals surface area contributed by atoms with Crippen LogP contribution >= 0.6 is 11.6 Å². The second-order valence-corrected chi connectivity index (χ2v) is 9.25. The summed E-state index contributed by atoms with van der Waals surface area (Å²) in [6.07, 6.45) is 6.63. The van der Waals surface area contributed by atoms with E-state index in [2.05, 4.69) is 22.8 Å². The number of aliphatic carboxylic acids is 1. The highest BCUT2D eigenvalue weighted by Crippen LogP contribution is 2.34. The molecule has 1 aliphatic carbocycles. The van der Waals surface area contributed by atoms with Crippen LogP contribution in [-0.4, -0.2) is 47.3 Å². The molecular weight excluding hydrogens is 442 g/mol. The molecule has 4 rings (SSSR count). The first kappa shape index (κ1) is 23.5. The summed E-state index contributed by atoms with van der Waals surface area (Å²) in [4.78, 5) is 28.7. The van der Waals surface area contributed by atoms with Gasteiger partial charge in [-0.1, -0.05) is 29.8 Å². The molecule has 0 unspecified atom stereocenters. The summed E-state index contributed by atoms with van der Waals surface area (Å²) < 4.78 is 5.86. The van der Waals surface area contributed by atoms with Gasteiger partial charge in [0.05, 0.1) is 16.7 Å². The summed E-state index contributed by atoms with van der Waals surface area (Å²) in [5.74, 6) is 0.0689. The van der Waals surface area contributed by atoms with Gasteiger partial charge in [0, 0.05) is 25.3 Å². The molecule has 3 N–H and O–H groups in total. The van der Waals surface area contributed by atoms with Crippen LogP contribution in [0.25, 0.3) is 0 Å². The molecule has 176 valence electrons. The van der Waals surface area contributed by atoms with Gasteiger partial charge in [-0.15, -0.1) is 0 Å². The van der Waals surface area contributed by atoms with Crippen molar-refractivity contribution in [2.45, 2.75) is 57.1 Å².